The Morgan fingerprint density at radius 3 is 2.00 bits per heavy atom. The predicted octanol–water partition coefficient (Wildman–Crippen LogP) is 2.64. The van der Waals surface area contributed by atoms with E-state index in [2.05, 4.69) is 10.4 Å². The van der Waals surface area contributed by atoms with Crippen molar-refractivity contribution in [3.63, 3.8) is 0 Å². The highest BCUT2D eigenvalue weighted by atomic mass is 32.1. The third-order valence-electron chi connectivity index (χ3n) is 5.33. The molecule has 2 amide bonds. The summed E-state index contributed by atoms with van der Waals surface area (Å²) in [6.07, 6.45) is 1.89. The van der Waals surface area contributed by atoms with Crippen LogP contribution in [0.3, 0.4) is 0 Å². The smallest absolute Gasteiger partial charge is 0.254 e. The molecule has 1 aromatic carbocycles. The number of piperidine rings is 1. The fourth-order valence-electron chi connectivity index (χ4n) is 3.69. The standard InChI is InChI=1S/C20H23N3O3S/c24-19(22-7-5-15(6-8-22)18-13-27-14-21-18)16-1-3-17(4-2-16)20(25)23-9-11-26-12-10-23/h1-4,13-15H,5-12H2. The van der Waals surface area contributed by atoms with Gasteiger partial charge in [0.1, 0.15) is 0 Å². The van der Waals surface area contributed by atoms with Crippen LogP contribution in [-0.4, -0.2) is 66.0 Å². The van der Waals surface area contributed by atoms with Crippen molar-refractivity contribution in [3.05, 3.63) is 52.0 Å². The first-order valence-corrected chi connectivity index (χ1v) is 10.3. The van der Waals surface area contributed by atoms with Crippen molar-refractivity contribution >= 4 is 23.2 Å². The molecular weight excluding hydrogens is 362 g/mol. The molecule has 0 aliphatic carbocycles. The van der Waals surface area contributed by atoms with Gasteiger partial charge in [0.15, 0.2) is 0 Å². The van der Waals surface area contributed by atoms with E-state index in [9.17, 15) is 9.59 Å². The molecule has 2 aromatic rings. The van der Waals surface area contributed by atoms with Gasteiger partial charge in [-0.2, -0.15) is 0 Å². The number of hydrogen-bond donors (Lipinski definition) is 0. The van der Waals surface area contributed by atoms with Crippen molar-refractivity contribution in [2.45, 2.75) is 18.8 Å². The number of rotatable bonds is 3. The highest BCUT2D eigenvalue weighted by molar-refractivity contribution is 7.07. The van der Waals surface area contributed by atoms with Crippen LogP contribution in [0.1, 0.15) is 45.2 Å². The van der Waals surface area contributed by atoms with Crippen LogP contribution in [0.25, 0.3) is 0 Å². The Kier molecular flexibility index (Phi) is 5.50. The first kappa shape index (κ1) is 18.1. The number of ether oxygens (including phenoxy) is 1. The summed E-state index contributed by atoms with van der Waals surface area (Å²) in [4.78, 5) is 33.4. The molecule has 27 heavy (non-hydrogen) atoms. The monoisotopic (exact) mass is 385 g/mol. The number of likely N-dealkylation sites (tertiary alicyclic amines) is 1. The van der Waals surface area contributed by atoms with Gasteiger partial charge in [-0.3, -0.25) is 9.59 Å². The summed E-state index contributed by atoms with van der Waals surface area (Å²) in [5, 5.41) is 2.10. The van der Waals surface area contributed by atoms with E-state index in [1.54, 1.807) is 40.5 Å². The van der Waals surface area contributed by atoms with Crippen molar-refractivity contribution in [1.29, 1.82) is 0 Å². The number of morpholine rings is 1. The zero-order valence-corrected chi connectivity index (χ0v) is 16.0. The lowest BCUT2D eigenvalue weighted by Gasteiger charge is -2.31. The van der Waals surface area contributed by atoms with Gasteiger partial charge in [-0.1, -0.05) is 0 Å². The van der Waals surface area contributed by atoms with Crippen LogP contribution in [0.4, 0.5) is 0 Å². The molecule has 3 heterocycles. The molecule has 0 spiro atoms. The number of thiazole rings is 1. The molecule has 0 radical (unpaired) electrons. The molecule has 1 aromatic heterocycles. The Morgan fingerprint density at radius 1 is 0.926 bits per heavy atom. The van der Waals surface area contributed by atoms with Crippen molar-refractivity contribution in [1.82, 2.24) is 14.8 Å². The average molecular weight is 385 g/mol. The lowest BCUT2D eigenvalue weighted by molar-refractivity contribution is 0.0303. The van der Waals surface area contributed by atoms with Crippen LogP contribution >= 0.6 is 11.3 Å². The van der Waals surface area contributed by atoms with Crippen LogP contribution < -0.4 is 0 Å². The van der Waals surface area contributed by atoms with Crippen molar-refractivity contribution in [3.8, 4) is 0 Å². The molecule has 4 rings (SSSR count). The van der Waals surface area contributed by atoms with Crippen LogP contribution in [-0.2, 0) is 4.74 Å². The highest BCUT2D eigenvalue weighted by Crippen LogP contribution is 2.28. The van der Waals surface area contributed by atoms with Gasteiger partial charge in [0.25, 0.3) is 11.8 Å². The Balaban J connectivity index is 1.36. The summed E-state index contributed by atoms with van der Waals surface area (Å²) < 4.78 is 5.29. The lowest BCUT2D eigenvalue weighted by Crippen LogP contribution is -2.40. The van der Waals surface area contributed by atoms with Crippen molar-refractivity contribution in [2.75, 3.05) is 39.4 Å². The van der Waals surface area contributed by atoms with E-state index in [4.69, 9.17) is 4.74 Å². The molecule has 0 unspecified atom stereocenters. The Morgan fingerprint density at radius 2 is 1.48 bits per heavy atom. The quantitative estimate of drug-likeness (QED) is 0.815. The molecule has 0 bridgehead atoms. The minimum absolute atomic E-state index is 0.00127. The van der Waals surface area contributed by atoms with Gasteiger partial charge in [-0.25, -0.2) is 4.98 Å². The summed E-state index contributed by atoms with van der Waals surface area (Å²) in [6, 6.07) is 7.05. The molecule has 2 aliphatic heterocycles. The van der Waals surface area contributed by atoms with Crippen LogP contribution in [0.2, 0.25) is 0 Å². The third kappa shape index (κ3) is 4.04. The zero-order chi connectivity index (χ0) is 18.6. The zero-order valence-electron chi connectivity index (χ0n) is 15.2. The van der Waals surface area contributed by atoms with Gasteiger partial charge in [0, 0.05) is 48.6 Å². The molecule has 2 fully saturated rings. The number of aromatic nitrogens is 1. The van der Waals surface area contributed by atoms with E-state index in [0.717, 1.165) is 31.6 Å². The van der Waals surface area contributed by atoms with Gasteiger partial charge >= 0.3 is 0 Å². The van der Waals surface area contributed by atoms with Crippen molar-refractivity contribution < 1.29 is 14.3 Å². The molecular formula is C20H23N3O3S. The molecule has 0 N–H and O–H groups in total. The second-order valence-corrected chi connectivity index (χ2v) is 7.68. The minimum Gasteiger partial charge on any atom is -0.378 e. The summed E-state index contributed by atoms with van der Waals surface area (Å²) in [7, 11) is 0. The molecule has 6 nitrogen and oxygen atoms in total. The van der Waals surface area contributed by atoms with Gasteiger partial charge in [0.05, 0.1) is 24.4 Å². The van der Waals surface area contributed by atoms with Crippen LogP contribution in [0.15, 0.2) is 35.2 Å². The normalized spacial score (nSPS) is 18.5. The summed E-state index contributed by atoms with van der Waals surface area (Å²) in [5.41, 5.74) is 4.28. The predicted molar refractivity (Wildman–Crippen MR) is 103 cm³/mol. The van der Waals surface area contributed by atoms with Gasteiger partial charge in [-0.05, 0) is 37.1 Å². The SMILES string of the molecule is O=C(c1ccc(C(=O)N2CCC(c3cscn3)CC2)cc1)N1CCOCC1. The van der Waals surface area contributed by atoms with Crippen LogP contribution in [0, 0.1) is 0 Å². The number of carbonyl (C=O) groups excluding carboxylic acids is 2. The lowest BCUT2D eigenvalue weighted by atomic mass is 9.94. The summed E-state index contributed by atoms with van der Waals surface area (Å²) in [5.74, 6) is 0.493. The van der Waals surface area contributed by atoms with E-state index < -0.39 is 0 Å². The number of amides is 2. The average Bonchev–Trinajstić information content (AvgIpc) is 3.28. The third-order valence-corrected chi connectivity index (χ3v) is 5.93. The maximum atomic E-state index is 12.8. The number of carbonyl (C=O) groups is 2. The molecule has 2 saturated heterocycles. The molecule has 142 valence electrons. The Bertz CT molecular complexity index is 777. The maximum Gasteiger partial charge on any atom is 0.254 e. The maximum absolute atomic E-state index is 12.8. The van der Waals surface area contributed by atoms with Gasteiger partial charge in [-0.15, -0.1) is 11.3 Å². The fraction of sp³-hybridized carbons (Fsp3) is 0.450. The molecule has 7 heteroatoms. The van der Waals surface area contributed by atoms with E-state index in [0.29, 0.717) is 43.3 Å². The van der Waals surface area contributed by atoms with Crippen molar-refractivity contribution in [2.24, 2.45) is 0 Å². The second-order valence-electron chi connectivity index (χ2n) is 6.96. The largest absolute Gasteiger partial charge is 0.378 e. The Labute approximate surface area is 162 Å². The number of nitrogens with zero attached hydrogens (tertiary/aromatic N) is 3. The molecule has 0 saturated carbocycles. The van der Waals surface area contributed by atoms with E-state index in [1.807, 2.05) is 10.4 Å². The molecule has 2 aliphatic rings. The van der Waals surface area contributed by atoms with E-state index in [-0.39, 0.29) is 11.8 Å². The van der Waals surface area contributed by atoms with Crippen LogP contribution in [0.5, 0.6) is 0 Å². The topological polar surface area (TPSA) is 62.7 Å². The highest BCUT2D eigenvalue weighted by Gasteiger charge is 2.26. The van der Waals surface area contributed by atoms with E-state index in [1.165, 1.54) is 0 Å². The first-order chi connectivity index (χ1) is 13.2. The summed E-state index contributed by atoms with van der Waals surface area (Å²) in [6.45, 7) is 3.89. The molecule has 0 atom stereocenters. The van der Waals surface area contributed by atoms with Gasteiger partial charge < -0.3 is 14.5 Å². The fourth-order valence-corrected chi connectivity index (χ4v) is 4.32. The Hall–Kier alpha value is -2.25. The van der Waals surface area contributed by atoms with E-state index >= 15 is 0 Å². The first-order valence-electron chi connectivity index (χ1n) is 9.37. The minimum atomic E-state index is 0.00127. The second kappa shape index (κ2) is 8.19. The number of benzene rings is 1. The number of hydrogen-bond acceptors (Lipinski definition) is 5. The summed E-state index contributed by atoms with van der Waals surface area (Å²) >= 11 is 1.62. The van der Waals surface area contributed by atoms with Gasteiger partial charge in [0.2, 0.25) is 0 Å².